The van der Waals surface area contributed by atoms with E-state index < -0.39 is 5.97 Å². The molecular weight excluding hydrogens is 352 g/mol. The maximum Gasteiger partial charge on any atom is 0.359 e. The predicted octanol–water partition coefficient (Wildman–Crippen LogP) is 3.27. The van der Waals surface area contributed by atoms with Gasteiger partial charge < -0.3 is 10.1 Å². The molecule has 0 spiro atoms. The zero-order chi connectivity index (χ0) is 19.9. The number of nitrogens with one attached hydrogen (secondary N) is 1. The Kier molecular flexibility index (Phi) is 6.01. The first kappa shape index (κ1) is 19.1. The highest BCUT2D eigenvalue weighted by Crippen LogP contribution is 2.21. The lowest BCUT2D eigenvalue weighted by molar-refractivity contribution is -0.671. The average Bonchev–Trinajstić information content (AvgIpc) is 2.73. The predicted molar refractivity (Wildman–Crippen MR) is 111 cm³/mol. The first-order valence-corrected chi connectivity index (χ1v) is 8.85. The lowest BCUT2D eigenvalue weighted by Gasteiger charge is -2.16. The second-order valence-corrected chi connectivity index (χ2v) is 6.25. The number of pyridine rings is 1. The number of methoxy groups -OCH3 is 1. The first-order valence-electron chi connectivity index (χ1n) is 8.85. The van der Waals surface area contributed by atoms with Crippen LogP contribution in [0.25, 0.3) is 0 Å². The van der Waals surface area contributed by atoms with Crippen LogP contribution in [0.3, 0.4) is 0 Å². The molecule has 0 saturated heterocycles. The van der Waals surface area contributed by atoms with Crippen LogP contribution in [-0.2, 0) is 16.6 Å². The zero-order valence-corrected chi connectivity index (χ0v) is 16.2. The molecule has 0 radical (unpaired) electrons. The fourth-order valence-corrected chi connectivity index (χ4v) is 2.63. The topological polar surface area (TPSA) is 57.8 Å². The van der Waals surface area contributed by atoms with Gasteiger partial charge in [0.15, 0.2) is 18.1 Å². The van der Waals surface area contributed by atoms with Crippen molar-refractivity contribution in [2.24, 2.45) is 12.1 Å². The Morgan fingerprint density at radius 3 is 2.18 bits per heavy atom. The van der Waals surface area contributed by atoms with Crippen molar-refractivity contribution < 1.29 is 14.1 Å². The third-order valence-corrected chi connectivity index (χ3v) is 4.18. The van der Waals surface area contributed by atoms with Gasteiger partial charge in [-0.25, -0.2) is 9.36 Å². The number of esters is 1. The molecule has 0 fully saturated rings. The highest BCUT2D eigenvalue weighted by Gasteiger charge is 2.17. The van der Waals surface area contributed by atoms with Gasteiger partial charge in [-0.1, -0.05) is 18.2 Å². The minimum Gasteiger partial charge on any atom is -0.464 e. The number of carbonyl (C=O) groups is 1. The summed E-state index contributed by atoms with van der Waals surface area (Å²) in [5, 5.41) is 9.47. The van der Waals surface area contributed by atoms with Crippen LogP contribution in [0.4, 0.5) is 17.1 Å². The lowest BCUT2D eigenvalue weighted by Crippen LogP contribution is -2.28. The second-order valence-electron chi connectivity index (χ2n) is 6.25. The third kappa shape index (κ3) is 4.73. The van der Waals surface area contributed by atoms with Crippen LogP contribution in [0.1, 0.15) is 5.56 Å². The van der Waals surface area contributed by atoms with Gasteiger partial charge >= 0.3 is 5.97 Å². The number of benzene rings is 2. The summed E-state index contributed by atoms with van der Waals surface area (Å²) in [4.78, 5) is 12.2. The number of nitrogens with zero attached hydrogens (tertiary/aromatic N) is 3. The van der Waals surface area contributed by atoms with Crippen molar-refractivity contribution in [2.45, 2.75) is 0 Å². The molecule has 1 heterocycles. The molecule has 0 atom stereocenters. The summed E-state index contributed by atoms with van der Waals surface area (Å²) in [5.41, 5.74) is 3.78. The van der Waals surface area contributed by atoms with Crippen molar-refractivity contribution >= 4 is 28.7 Å². The molecule has 2 aromatic carbocycles. The first-order chi connectivity index (χ1) is 13.6. The molecule has 0 bridgehead atoms. The molecule has 0 amide bonds. The number of ether oxygens (including phenoxy) is 1. The Balaban J connectivity index is 1.81. The van der Waals surface area contributed by atoms with Gasteiger partial charge in [-0.05, 0) is 36.4 Å². The summed E-state index contributed by atoms with van der Waals surface area (Å²) < 4.78 is 6.80. The summed E-state index contributed by atoms with van der Waals surface area (Å²) in [5.74, 6) is -0.483. The van der Waals surface area contributed by atoms with E-state index in [4.69, 9.17) is 4.74 Å². The van der Waals surface area contributed by atoms with Gasteiger partial charge in [-0.2, -0.15) is 5.10 Å². The number of hydrazone groups is 1. The smallest absolute Gasteiger partial charge is 0.359 e. The monoisotopic (exact) mass is 375 g/mol. The molecule has 0 aliphatic carbocycles. The number of aromatic nitrogens is 1. The van der Waals surface area contributed by atoms with Gasteiger partial charge in [-0.3, -0.25) is 5.01 Å². The van der Waals surface area contributed by atoms with Gasteiger partial charge in [0.25, 0.3) is 0 Å². The lowest BCUT2D eigenvalue weighted by atomic mass is 10.1. The Morgan fingerprint density at radius 1 is 0.964 bits per heavy atom. The molecule has 28 heavy (non-hydrogen) atoms. The summed E-state index contributed by atoms with van der Waals surface area (Å²) in [6.45, 7) is 0. The van der Waals surface area contributed by atoms with E-state index in [1.807, 2.05) is 90.7 Å². The minimum absolute atomic E-state index is 0.247. The van der Waals surface area contributed by atoms with Crippen LogP contribution < -0.4 is 14.9 Å². The van der Waals surface area contributed by atoms with E-state index in [0.29, 0.717) is 5.56 Å². The van der Waals surface area contributed by atoms with Crippen LogP contribution >= 0.6 is 0 Å². The Bertz CT molecular complexity index is 952. The van der Waals surface area contributed by atoms with Crippen molar-refractivity contribution in [3.05, 3.63) is 84.7 Å². The highest BCUT2D eigenvalue weighted by atomic mass is 16.5. The van der Waals surface area contributed by atoms with Crippen LogP contribution in [0, 0.1) is 0 Å². The molecular formula is C22H23N4O2+. The average molecular weight is 375 g/mol. The third-order valence-electron chi connectivity index (χ3n) is 4.18. The molecule has 0 unspecified atom stereocenters. The Hall–Kier alpha value is -3.67. The highest BCUT2D eigenvalue weighted by molar-refractivity contribution is 6.43. The van der Waals surface area contributed by atoms with Crippen molar-refractivity contribution in [1.82, 2.24) is 0 Å². The zero-order valence-electron chi connectivity index (χ0n) is 16.2. The van der Waals surface area contributed by atoms with Crippen molar-refractivity contribution in [3.63, 3.8) is 0 Å². The van der Waals surface area contributed by atoms with E-state index in [-0.39, 0.29) is 5.71 Å². The molecule has 142 valence electrons. The number of rotatable bonds is 6. The van der Waals surface area contributed by atoms with E-state index in [0.717, 1.165) is 17.1 Å². The second kappa shape index (κ2) is 8.81. The normalized spacial score (nSPS) is 11.0. The summed E-state index contributed by atoms with van der Waals surface area (Å²) >= 11 is 0. The van der Waals surface area contributed by atoms with Crippen LogP contribution in [0.5, 0.6) is 0 Å². The SMILES string of the molecule is COC(=O)/C(=N\N(C)c1ccc(Nc2ccccc2)cc1)c1cc[n+](C)cc1. The van der Waals surface area contributed by atoms with Gasteiger partial charge in [0, 0.05) is 36.1 Å². The Labute approximate surface area is 164 Å². The van der Waals surface area contributed by atoms with Gasteiger partial charge in [0.05, 0.1) is 12.8 Å². The molecule has 0 saturated carbocycles. The largest absolute Gasteiger partial charge is 0.464 e. The van der Waals surface area contributed by atoms with Crippen LogP contribution in [0.2, 0.25) is 0 Å². The molecule has 0 aliphatic heterocycles. The molecule has 6 nitrogen and oxygen atoms in total. The van der Waals surface area contributed by atoms with E-state index >= 15 is 0 Å². The van der Waals surface area contributed by atoms with Gasteiger partial charge in [-0.15, -0.1) is 0 Å². The van der Waals surface area contributed by atoms with E-state index in [1.54, 1.807) is 12.1 Å². The number of hydrogen-bond donors (Lipinski definition) is 1. The molecule has 6 heteroatoms. The molecule has 3 aromatic rings. The van der Waals surface area contributed by atoms with Crippen LogP contribution in [-0.4, -0.2) is 25.8 Å². The van der Waals surface area contributed by atoms with Gasteiger partial charge in [0.2, 0.25) is 0 Å². The molecule has 3 rings (SSSR count). The van der Waals surface area contributed by atoms with Crippen molar-refractivity contribution in [1.29, 1.82) is 0 Å². The minimum atomic E-state index is -0.483. The quantitative estimate of drug-likeness (QED) is 0.311. The Morgan fingerprint density at radius 2 is 1.57 bits per heavy atom. The fraction of sp³-hybridized carbons (Fsp3) is 0.136. The number of carbonyl (C=O) groups excluding carboxylic acids is 1. The number of para-hydroxylation sites is 1. The fourth-order valence-electron chi connectivity index (χ4n) is 2.63. The molecule has 1 aromatic heterocycles. The summed E-state index contributed by atoms with van der Waals surface area (Å²) in [7, 11) is 5.06. The standard InChI is InChI=1S/C22H23N4O2/c1-25-15-13-17(14-16-25)21(22(27)28-3)24-26(2)20-11-9-19(10-12-20)23-18-7-5-4-6-8-18/h4-16,23H,1-3H3/q+1. The summed E-state index contributed by atoms with van der Waals surface area (Å²) in [6, 6.07) is 21.4. The van der Waals surface area contributed by atoms with E-state index in [2.05, 4.69) is 10.4 Å². The maximum absolute atomic E-state index is 12.2. The summed E-state index contributed by atoms with van der Waals surface area (Å²) in [6.07, 6.45) is 3.72. The number of anilines is 3. The maximum atomic E-state index is 12.2. The molecule has 0 aliphatic rings. The van der Waals surface area contributed by atoms with E-state index in [9.17, 15) is 4.79 Å². The van der Waals surface area contributed by atoms with Crippen molar-refractivity contribution in [2.75, 3.05) is 24.5 Å². The van der Waals surface area contributed by atoms with Crippen molar-refractivity contribution in [3.8, 4) is 0 Å². The van der Waals surface area contributed by atoms with E-state index in [1.165, 1.54) is 7.11 Å². The van der Waals surface area contributed by atoms with Crippen LogP contribution in [0.15, 0.2) is 84.2 Å². The number of hydrogen-bond acceptors (Lipinski definition) is 5. The van der Waals surface area contributed by atoms with Gasteiger partial charge in [0.1, 0.15) is 7.05 Å². The number of aryl methyl sites for hydroxylation is 1. The molecule has 1 N–H and O–H groups in total.